The highest BCUT2D eigenvalue weighted by atomic mass is 16.4. The minimum Gasteiger partial charge on any atom is -0.242 e. The highest BCUT2D eigenvalue weighted by Gasteiger charge is 1.99. The van der Waals surface area contributed by atoms with Crippen LogP contribution in [0.2, 0.25) is 0 Å². The molecule has 11 heavy (non-hydrogen) atoms. The van der Waals surface area contributed by atoms with Crippen molar-refractivity contribution in [3.63, 3.8) is 0 Å². The smallest absolute Gasteiger partial charge is 0.242 e. The van der Waals surface area contributed by atoms with Gasteiger partial charge in [0.2, 0.25) is 0 Å². The minimum atomic E-state index is -1.13. The van der Waals surface area contributed by atoms with E-state index in [-0.39, 0.29) is 5.56 Å². The normalized spacial score (nSPS) is 7.64. The van der Waals surface area contributed by atoms with Gasteiger partial charge in [0.1, 0.15) is 0 Å². The number of benzene rings is 1. The summed E-state index contributed by atoms with van der Waals surface area (Å²) in [6.45, 7) is 6.00. The van der Waals surface area contributed by atoms with Crippen LogP contribution in [0.4, 0.5) is 0 Å². The van der Waals surface area contributed by atoms with E-state index < -0.39 is 5.97 Å². The molecule has 0 amide bonds. The number of rotatable bonds is 1. The molecule has 1 rings (SSSR count). The van der Waals surface area contributed by atoms with Crippen molar-refractivity contribution in [1.82, 2.24) is 0 Å². The number of hydrogen-bond acceptors (Lipinski definition) is 1. The summed E-state index contributed by atoms with van der Waals surface area (Å²) in [6, 6.07) is 8.06. The predicted molar refractivity (Wildman–Crippen MR) is 42.7 cm³/mol. The van der Waals surface area contributed by atoms with Crippen molar-refractivity contribution in [2.24, 2.45) is 0 Å². The lowest BCUT2D eigenvalue weighted by molar-refractivity contribution is 0.0573. The quantitative estimate of drug-likeness (QED) is 0.563. The molecule has 0 aliphatic carbocycles. The van der Waals surface area contributed by atoms with Crippen LogP contribution in [-0.4, -0.2) is 5.97 Å². The van der Waals surface area contributed by atoms with Crippen molar-refractivity contribution >= 4 is 5.97 Å². The second-order valence-corrected chi connectivity index (χ2v) is 1.65. The Balaban J connectivity index is 0.000000461. The summed E-state index contributed by atoms with van der Waals surface area (Å²) in [5.41, 5.74) is 0.220. The summed E-state index contributed by atoms with van der Waals surface area (Å²) < 4.78 is 0. The Morgan fingerprint density at radius 2 is 1.55 bits per heavy atom. The van der Waals surface area contributed by atoms with Gasteiger partial charge >= 0.3 is 5.97 Å². The third-order valence-electron chi connectivity index (χ3n) is 1.01. The fraction of sp³-hybridized carbons (Fsp3) is 0. The SMILES string of the molecule is C=C.[O]C(=O)c1ccccc1. The molecule has 0 atom stereocenters. The van der Waals surface area contributed by atoms with Crippen LogP contribution in [0.3, 0.4) is 0 Å². The monoisotopic (exact) mass is 149 g/mol. The van der Waals surface area contributed by atoms with Gasteiger partial charge in [0.15, 0.2) is 0 Å². The minimum absolute atomic E-state index is 0.220. The topological polar surface area (TPSA) is 37.0 Å². The molecule has 2 heteroatoms. The van der Waals surface area contributed by atoms with Gasteiger partial charge in [-0.3, -0.25) is 0 Å². The Morgan fingerprint density at radius 1 is 1.09 bits per heavy atom. The van der Waals surface area contributed by atoms with E-state index in [1.165, 1.54) is 12.1 Å². The van der Waals surface area contributed by atoms with Gasteiger partial charge < -0.3 is 0 Å². The van der Waals surface area contributed by atoms with Crippen molar-refractivity contribution in [1.29, 1.82) is 0 Å². The van der Waals surface area contributed by atoms with E-state index in [9.17, 15) is 9.90 Å². The Morgan fingerprint density at radius 3 is 1.82 bits per heavy atom. The summed E-state index contributed by atoms with van der Waals surface area (Å²) >= 11 is 0. The molecule has 1 aromatic carbocycles. The molecule has 2 nitrogen and oxygen atoms in total. The highest BCUT2D eigenvalue weighted by Crippen LogP contribution is 1.96. The maximum atomic E-state index is 10.1. The van der Waals surface area contributed by atoms with Crippen LogP contribution in [0.15, 0.2) is 43.5 Å². The van der Waals surface area contributed by atoms with E-state index in [0.717, 1.165) is 0 Å². The van der Waals surface area contributed by atoms with E-state index in [4.69, 9.17) is 0 Å². The summed E-state index contributed by atoms with van der Waals surface area (Å²) in [6.07, 6.45) is 0. The predicted octanol–water partition coefficient (Wildman–Crippen LogP) is 2.06. The second-order valence-electron chi connectivity index (χ2n) is 1.65. The van der Waals surface area contributed by atoms with Gasteiger partial charge in [0.05, 0.1) is 5.56 Å². The van der Waals surface area contributed by atoms with Crippen LogP contribution in [0.5, 0.6) is 0 Å². The van der Waals surface area contributed by atoms with E-state index in [1.54, 1.807) is 18.2 Å². The van der Waals surface area contributed by atoms with Crippen molar-refractivity contribution < 1.29 is 9.90 Å². The van der Waals surface area contributed by atoms with E-state index >= 15 is 0 Å². The molecule has 1 radical (unpaired) electrons. The molecule has 0 aliphatic rings. The first-order valence-electron chi connectivity index (χ1n) is 3.07. The van der Waals surface area contributed by atoms with Crippen molar-refractivity contribution in [3.8, 4) is 0 Å². The first kappa shape index (κ1) is 9.43. The Hall–Kier alpha value is -1.57. The third-order valence-corrected chi connectivity index (χ3v) is 1.01. The lowest BCUT2D eigenvalue weighted by Gasteiger charge is -1.85. The molecule has 0 saturated carbocycles. The van der Waals surface area contributed by atoms with Crippen LogP contribution < -0.4 is 0 Å². The van der Waals surface area contributed by atoms with Crippen molar-refractivity contribution in [3.05, 3.63) is 49.1 Å². The first-order chi connectivity index (χ1) is 5.30. The molecular formula is C9H9O2. The summed E-state index contributed by atoms with van der Waals surface area (Å²) in [5, 5.41) is 10.1. The number of carbonyl (C=O) groups excluding carboxylic acids is 1. The number of carbonyl (C=O) groups is 1. The van der Waals surface area contributed by atoms with Gasteiger partial charge in [-0.25, -0.2) is 9.90 Å². The standard InChI is InChI=1S/C7H5O2.C2H4/c8-7(9)6-4-2-1-3-5-6;1-2/h1-5H;1-2H2. The van der Waals surface area contributed by atoms with Gasteiger partial charge in [-0.05, 0) is 12.1 Å². The van der Waals surface area contributed by atoms with Gasteiger partial charge in [-0.2, -0.15) is 0 Å². The fourth-order valence-electron chi connectivity index (χ4n) is 0.574. The zero-order valence-electron chi connectivity index (χ0n) is 6.12. The van der Waals surface area contributed by atoms with Gasteiger partial charge in [-0.1, -0.05) is 18.2 Å². The van der Waals surface area contributed by atoms with Crippen LogP contribution in [-0.2, 0) is 5.11 Å². The van der Waals surface area contributed by atoms with Crippen LogP contribution >= 0.6 is 0 Å². The van der Waals surface area contributed by atoms with Crippen LogP contribution in [0.1, 0.15) is 10.4 Å². The van der Waals surface area contributed by atoms with Gasteiger partial charge in [-0.15, -0.1) is 13.2 Å². The molecule has 0 spiro atoms. The summed E-state index contributed by atoms with van der Waals surface area (Å²) in [7, 11) is 0. The molecule has 0 bridgehead atoms. The van der Waals surface area contributed by atoms with Crippen molar-refractivity contribution in [2.45, 2.75) is 0 Å². The molecule has 0 aromatic heterocycles. The summed E-state index contributed by atoms with van der Waals surface area (Å²) in [4.78, 5) is 10.1. The molecule has 1 aromatic rings. The molecule has 57 valence electrons. The molecule has 0 unspecified atom stereocenters. The fourth-order valence-corrected chi connectivity index (χ4v) is 0.574. The molecule has 0 saturated heterocycles. The molecule has 0 fully saturated rings. The Labute approximate surface area is 65.8 Å². The summed E-state index contributed by atoms with van der Waals surface area (Å²) in [5.74, 6) is -1.13. The van der Waals surface area contributed by atoms with E-state index in [1.807, 2.05) is 0 Å². The maximum Gasteiger partial charge on any atom is 0.386 e. The molecule has 0 aliphatic heterocycles. The highest BCUT2D eigenvalue weighted by molar-refractivity contribution is 5.86. The van der Waals surface area contributed by atoms with Gasteiger partial charge in [0.25, 0.3) is 0 Å². The average molecular weight is 149 g/mol. The maximum absolute atomic E-state index is 10.1. The van der Waals surface area contributed by atoms with Gasteiger partial charge in [0, 0.05) is 0 Å². The lowest BCUT2D eigenvalue weighted by Crippen LogP contribution is -1.91. The Bertz CT molecular complexity index is 216. The van der Waals surface area contributed by atoms with Crippen molar-refractivity contribution in [2.75, 3.05) is 0 Å². The van der Waals surface area contributed by atoms with E-state index in [2.05, 4.69) is 13.2 Å². The Kier molecular flexibility index (Phi) is 4.49. The second kappa shape index (κ2) is 5.23. The molecular weight excluding hydrogens is 140 g/mol. The largest absolute Gasteiger partial charge is 0.386 e. The number of hydrogen-bond donors (Lipinski definition) is 0. The lowest BCUT2D eigenvalue weighted by atomic mass is 10.2. The average Bonchev–Trinajstić information content (AvgIpc) is 2.10. The molecule has 0 N–H and O–H groups in total. The zero-order valence-corrected chi connectivity index (χ0v) is 6.12. The van der Waals surface area contributed by atoms with Crippen LogP contribution in [0.25, 0.3) is 0 Å². The van der Waals surface area contributed by atoms with E-state index in [0.29, 0.717) is 0 Å². The molecule has 0 heterocycles. The zero-order chi connectivity index (χ0) is 8.69. The first-order valence-corrected chi connectivity index (χ1v) is 3.07. The third kappa shape index (κ3) is 3.20. The van der Waals surface area contributed by atoms with Crippen LogP contribution in [0, 0.1) is 0 Å².